The molecule has 4 heteroatoms. The van der Waals surface area contributed by atoms with Crippen LogP contribution >= 0.6 is 34.8 Å². The molecule has 0 unspecified atom stereocenters. The van der Waals surface area contributed by atoms with Gasteiger partial charge in [-0.15, -0.1) is 0 Å². The summed E-state index contributed by atoms with van der Waals surface area (Å²) in [5.74, 6) is 0. The number of hydrogen-bond donors (Lipinski definition) is 1. The fourth-order valence-electron chi connectivity index (χ4n) is 1.79. The Hall–Kier alpha value is -0.730. The van der Waals surface area contributed by atoms with Gasteiger partial charge in [0, 0.05) is 27.2 Å². The van der Waals surface area contributed by atoms with Crippen LogP contribution in [0.1, 0.15) is 5.56 Å². The van der Waals surface area contributed by atoms with Gasteiger partial charge in [0.05, 0.1) is 0 Å². The Morgan fingerprint density at radius 2 is 1.67 bits per heavy atom. The summed E-state index contributed by atoms with van der Waals surface area (Å²) in [5, 5.41) is 5.17. The van der Waals surface area contributed by atoms with Crippen LogP contribution in [-0.4, -0.2) is 7.05 Å². The van der Waals surface area contributed by atoms with E-state index in [1.807, 2.05) is 31.3 Å². The molecule has 0 fully saturated rings. The predicted molar refractivity (Wildman–Crippen MR) is 79.7 cm³/mol. The van der Waals surface area contributed by atoms with Crippen LogP contribution in [0.3, 0.4) is 0 Å². The molecule has 2 aromatic carbocycles. The van der Waals surface area contributed by atoms with Gasteiger partial charge in [-0.05, 0) is 48.5 Å². The molecule has 0 radical (unpaired) electrons. The normalized spacial score (nSPS) is 10.7. The van der Waals surface area contributed by atoms with E-state index in [1.165, 1.54) is 0 Å². The second-order valence-electron chi connectivity index (χ2n) is 3.96. The first-order valence-corrected chi connectivity index (χ1v) is 6.63. The topological polar surface area (TPSA) is 12.0 Å². The summed E-state index contributed by atoms with van der Waals surface area (Å²) in [6, 6.07) is 11.3. The van der Waals surface area contributed by atoms with Crippen molar-refractivity contribution in [2.24, 2.45) is 0 Å². The van der Waals surface area contributed by atoms with Crippen molar-refractivity contribution in [3.05, 3.63) is 57.0 Å². The van der Waals surface area contributed by atoms with Gasteiger partial charge in [-0.2, -0.15) is 0 Å². The van der Waals surface area contributed by atoms with Crippen LogP contribution in [0.2, 0.25) is 15.1 Å². The summed E-state index contributed by atoms with van der Waals surface area (Å²) >= 11 is 18.3. The standard InChI is InChI=1S/C14H12Cl3N/c1-18-8-10-6-9(2-4-13(10)16)12-7-11(15)3-5-14(12)17/h2-7,18H,8H2,1H3. The molecule has 0 atom stereocenters. The molecule has 1 nitrogen and oxygen atoms in total. The Bertz CT molecular complexity index is 567. The van der Waals surface area contributed by atoms with E-state index in [2.05, 4.69) is 5.32 Å². The van der Waals surface area contributed by atoms with Crippen molar-refractivity contribution in [2.75, 3.05) is 7.05 Å². The molecule has 0 saturated heterocycles. The first-order valence-electron chi connectivity index (χ1n) is 5.50. The minimum Gasteiger partial charge on any atom is -0.316 e. The Kier molecular flexibility index (Phi) is 4.52. The number of halogens is 3. The largest absolute Gasteiger partial charge is 0.316 e. The average Bonchev–Trinajstić information content (AvgIpc) is 2.35. The molecule has 94 valence electrons. The third-order valence-electron chi connectivity index (χ3n) is 2.65. The van der Waals surface area contributed by atoms with E-state index < -0.39 is 0 Å². The van der Waals surface area contributed by atoms with Gasteiger partial charge in [0.1, 0.15) is 0 Å². The second-order valence-corrected chi connectivity index (χ2v) is 5.21. The van der Waals surface area contributed by atoms with Gasteiger partial charge in [0.2, 0.25) is 0 Å². The highest BCUT2D eigenvalue weighted by atomic mass is 35.5. The molecular formula is C14H12Cl3N. The Morgan fingerprint density at radius 1 is 0.944 bits per heavy atom. The molecule has 0 heterocycles. The summed E-state index contributed by atoms with van der Waals surface area (Å²) in [6.07, 6.45) is 0. The minimum absolute atomic E-state index is 0.666. The van der Waals surface area contributed by atoms with Crippen LogP contribution in [0, 0.1) is 0 Å². The molecule has 2 rings (SSSR count). The highest BCUT2D eigenvalue weighted by Crippen LogP contribution is 2.32. The van der Waals surface area contributed by atoms with Crippen molar-refractivity contribution in [1.29, 1.82) is 0 Å². The van der Waals surface area contributed by atoms with Gasteiger partial charge in [-0.1, -0.05) is 40.9 Å². The van der Waals surface area contributed by atoms with Crippen LogP contribution in [-0.2, 0) is 6.54 Å². The van der Waals surface area contributed by atoms with E-state index in [9.17, 15) is 0 Å². The number of rotatable bonds is 3. The van der Waals surface area contributed by atoms with E-state index in [1.54, 1.807) is 12.1 Å². The summed E-state index contributed by atoms with van der Waals surface area (Å²) in [6.45, 7) is 0.713. The smallest absolute Gasteiger partial charge is 0.0485 e. The maximum atomic E-state index is 6.19. The monoisotopic (exact) mass is 299 g/mol. The maximum absolute atomic E-state index is 6.19. The maximum Gasteiger partial charge on any atom is 0.0485 e. The fourth-order valence-corrected chi connectivity index (χ4v) is 2.37. The highest BCUT2D eigenvalue weighted by Gasteiger charge is 2.07. The van der Waals surface area contributed by atoms with E-state index in [0.717, 1.165) is 21.7 Å². The van der Waals surface area contributed by atoms with Gasteiger partial charge in [-0.25, -0.2) is 0 Å². The zero-order chi connectivity index (χ0) is 13.1. The molecule has 0 aliphatic rings. The molecule has 1 N–H and O–H groups in total. The first kappa shape index (κ1) is 13.7. The predicted octanol–water partition coefficient (Wildman–Crippen LogP) is 5.03. The Labute approximate surface area is 122 Å². The summed E-state index contributed by atoms with van der Waals surface area (Å²) in [5.41, 5.74) is 2.96. The number of benzene rings is 2. The molecular weight excluding hydrogens is 289 g/mol. The van der Waals surface area contributed by atoms with Crippen molar-refractivity contribution in [3.63, 3.8) is 0 Å². The molecule has 0 amide bonds. The van der Waals surface area contributed by atoms with Crippen LogP contribution in [0.5, 0.6) is 0 Å². The zero-order valence-corrected chi connectivity index (χ0v) is 12.1. The van der Waals surface area contributed by atoms with Crippen molar-refractivity contribution in [1.82, 2.24) is 5.32 Å². The quantitative estimate of drug-likeness (QED) is 0.838. The van der Waals surface area contributed by atoms with Gasteiger partial charge in [-0.3, -0.25) is 0 Å². The van der Waals surface area contributed by atoms with Gasteiger partial charge >= 0.3 is 0 Å². The lowest BCUT2D eigenvalue weighted by atomic mass is 10.0. The Morgan fingerprint density at radius 3 is 2.39 bits per heavy atom. The van der Waals surface area contributed by atoms with Crippen molar-refractivity contribution < 1.29 is 0 Å². The molecule has 2 aromatic rings. The van der Waals surface area contributed by atoms with Crippen molar-refractivity contribution in [3.8, 4) is 11.1 Å². The molecule has 0 aliphatic carbocycles. The zero-order valence-electron chi connectivity index (χ0n) is 9.81. The van der Waals surface area contributed by atoms with Crippen LogP contribution in [0.25, 0.3) is 11.1 Å². The lowest BCUT2D eigenvalue weighted by Gasteiger charge is -2.09. The molecule has 0 saturated carbocycles. The van der Waals surface area contributed by atoms with Crippen molar-refractivity contribution in [2.45, 2.75) is 6.54 Å². The van der Waals surface area contributed by atoms with Crippen LogP contribution in [0.4, 0.5) is 0 Å². The number of nitrogens with one attached hydrogen (secondary N) is 1. The molecule has 0 aliphatic heterocycles. The lowest BCUT2D eigenvalue weighted by molar-refractivity contribution is 0.818. The van der Waals surface area contributed by atoms with Crippen molar-refractivity contribution >= 4 is 34.8 Å². The van der Waals surface area contributed by atoms with E-state index in [-0.39, 0.29) is 0 Å². The van der Waals surface area contributed by atoms with E-state index >= 15 is 0 Å². The third kappa shape index (κ3) is 2.99. The second kappa shape index (κ2) is 5.94. The lowest BCUT2D eigenvalue weighted by Crippen LogP contribution is -2.05. The fraction of sp³-hybridized carbons (Fsp3) is 0.143. The van der Waals surface area contributed by atoms with Crippen LogP contribution in [0.15, 0.2) is 36.4 Å². The van der Waals surface area contributed by atoms with Gasteiger partial charge in [0.25, 0.3) is 0 Å². The SMILES string of the molecule is CNCc1cc(-c2cc(Cl)ccc2Cl)ccc1Cl. The van der Waals surface area contributed by atoms with Gasteiger partial charge in [0.15, 0.2) is 0 Å². The minimum atomic E-state index is 0.666. The summed E-state index contributed by atoms with van der Waals surface area (Å²) in [7, 11) is 1.88. The first-order chi connectivity index (χ1) is 8.61. The summed E-state index contributed by atoms with van der Waals surface area (Å²) < 4.78 is 0. The molecule has 0 bridgehead atoms. The average molecular weight is 301 g/mol. The molecule has 0 spiro atoms. The number of hydrogen-bond acceptors (Lipinski definition) is 1. The molecule has 0 aromatic heterocycles. The van der Waals surface area contributed by atoms with E-state index in [4.69, 9.17) is 34.8 Å². The van der Waals surface area contributed by atoms with Crippen LogP contribution < -0.4 is 5.32 Å². The summed E-state index contributed by atoms with van der Waals surface area (Å²) in [4.78, 5) is 0. The Balaban J connectivity index is 2.50. The van der Waals surface area contributed by atoms with Gasteiger partial charge < -0.3 is 5.32 Å². The molecule has 18 heavy (non-hydrogen) atoms. The van der Waals surface area contributed by atoms with E-state index in [0.29, 0.717) is 16.6 Å². The third-order valence-corrected chi connectivity index (χ3v) is 3.59. The highest BCUT2D eigenvalue weighted by molar-refractivity contribution is 6.35.